The van der Waals surface area contributed by atoms with Crippen molar-refractivity contribution < 1.29 is 13.9 Å². The van der Waals surface area contributed by atoms with Gasteiger partial charge >= 0.3 is 5.69 Å². The highest BCUT2D eigenvalue weighted by Gasteiger charge is 2.30. The van der Waals surface area contributed by atoms with Crippen LogP contribution in [0.3, 0.4) is 0 Å². The molecule has 1 aromatic heterocycles. The molecule has 2 atom stereocenters. The third-order valence-corrected chi connectivity index (χ3v) is 4.19. The molecule has 0 amide bonds. The summed E-state index contributed by atoms with van der Waals surface area (Å²) in [5.41, 5.74) is -1.36. The lowest BCUT2D eigenvalue weighted by Gasteiger charge is -2.23. The van der Waals surface area contributed by atoms with Gasteiger partial charge in [-0.15, -0.1) is 11.8 Å². The van der Waals surface area contributed by atoms with Crippen molar-refractivity contribution in [2.45, 2.75) is 64.3 Å². The Bertz CT molecular complexity index is 637. The second kappa shape index (κ2) is 7.01. The van der Waals surface area contributed by atoms with Crippen LogP contribution in [0, 0.1) is 5.82 Å². The molecule has 1 saturated heterocycles. The number of thioether (sulfide) groups is 1. The smallest absolute Gasteiger partial charge is 0.351 e. The largest absolute Gasteiger partial charge is 0.372 e. The van der Waals surface area contributed by atoms with Gasteiger partial charge in [0.15, 0.2) is 11.6 Å². The Labute approximate surface area is 146 Å². The minimum Gasteiger partial charge on any atom is -0.372 e. The molecule has 1 aromatic rings. The van der Waals surface area contributed by atoms with Gasteiger partial charge in [0.2, 0.25) is 0 Å². The molecule has 0 saturated carbocycles. The Morgan fingerprint density at radius 2 is 2.08 bits per heavy atom. The maximum atomic E-state index is 14.2. The van der Waals surface area contributed by atoms with E-state index in [1.807, 2.05) is 41.5 Å². The first-order chi connectivity index (χ1) is 10.9. The Morgan fingerprint density at radius 1 is 1.42 bits per heavy atom. The van der Waals surface area contributed by atoms with E-state index in [4.69, 9.17) is 9.47 Å². The van der Waals surface area contributed by atoms with E-state index in [1.165, 1.54) is 4.57 Å². The number of anilines is 1. The molecule has 6 nitrogen and oxygen atoms in total. The number of hydrogen-bond donors (Lipinski definition) is 1. The van der Waals surface area contributed by atoms with Crippen LogP contribution >= 0.6 is 11.8 Å². The number of rotatable bonds is 4. The third-order valence-electron chi connectivity index (χ3n) is 3.10. The molecule has 8 heteroatoms. The van der Waals surface area contributed by atoms with Gasteiger partial charge in [-0.3, -0.25) is 4.57 Å². The van der Waals surface area contributed by atoms with E-state index in [9.17, 15) is 9.18 Å². The molecular weight excluding hydrogens is 333 g/mol. The van der Waals surface area contributed by atoms with E-state index in [-0.39, 0.29) is 22.4 Å². The molecule has 0 spiro atoms. The van der Waals surface area contributed by atoms with Gasteiger partial charge in [-0.1, -0.05) is 0 Å². The zero-order valence-corrected chi connectivity index (χ0v) is 15.9. The lowest BCUT2D eigenvalue weighted by Crippen LogP contribution is -2.33. The van der Waals surface area contributed by atoms with Crippen LogP contribution < -0.4 is 11.0 Å². The predicted molar refractivity (Wildman–Crippen MR) is 93.9 cm³/mol. The van der Waals surface area contributed by atoms with E-state index >= 15 is 0 Å². The molecule has 0 aromatic carbocycles. The maximum Gasteiger partial charge on any atom is 0.351 e. The van der Waals surface area contributed by atoms with Crippen molar-refractivity contribution >= 4 is 17.6 Å². The van der Waals surface area contributed by atoms with Crippen molar-refractivity contribution in [1.82, 2.24) is 9.55 Å². The average molecular weight is 359 g/mol. The summed E-state index contributed by atoms with van der Waals surface area (Å²) in [4.78, 5) is 16.0. The number of nitrogens with zero attached hydrogens (tertiary/aromatic N) is 2. The van der Waals surface area contributed by atoms with E-state index in [2.05, 4.69) is 10.3 Å². The number of ether oxygens (including phenoxy) is 2. The van der Waals surface area contributed by atoms with Crippen LogP contribution in [0.1, 0.15) is 47.8 Å². The minimum atomic E-state index is -0.576. The summed E-state index contributed by atoms with van der Waals surface area (Å²) in [7, 11) is 0. The van der Waals surface area contributed by atoms with Crippen molar-refractivity contribution in [3.8, 4) is 0 Å². The first kappa shape index (κ1) is 19.2. The van der Waals surface area contributed by atoms with Gasteiger partial charge in [0.25, 0.3) is 0 Å². The standard InChI is InChI=1S/C16H26FN3O3S/c1-15(2,3)19-13-10(17)7-20(14(21)18-13)11-9-24-12(23-11)8-22-16(4,5)6/h7,11-12H,8-9H2,1-6H3,(H,18,19,21)/t11-,12+/m0/s1. The van der Waals surface area contributed by atoms with E-state index < -0.39 is 17.7 Å². The van der Waals surface area contributed by atoms with Crippen LogP contribution in [0.25, 0.3) is 0 Å². The molecule has 2 rings (SSSR count). The van der Waals surface area contributed by atoms with Crippen molar-refractivity contribution in [2.24, 2.45) is 0 Å². The van der Waals surface area contributed by atoms with E-state index in [0.717, 1.165) is 6.20 Å². The van der Waals surface area contributed by atoms with Gasteiger partial charge in [0.05, 0.1) is 18.4 Å². The van der Waals surface area contributed by atoms with Crippen molar-refractivity contribution in [1.29, 1.82) is 0 Å². The van der Waals surface area contributed by atoms with Crippen molar-refractivity contribution in [3.63, 3.8) is 0 Å². The van der Waals surface area contributed by atoms with E-state index in [0.29, 0.717) is 12.4 Å². The summed E-state index contributed by atoms with van der Waals surface area (Å²) in [5.74, 6) is -0.0693. The normalized spacial score (nSPS) is 22.0. The zero-order valence-electron chi connectivity index (χ0n) is 15.1. The molecule has 0 aliphatic carbocycles. The molecule has 1 fully saturated rings. The zero-order chi connectivity index (χ0) is 18.1. The number of halogens is 1. The fourth-order valence-electron chi connectivity index (χ4n) is 2.09. The molecule has 1 N–H and O–H groups in total. The lowest BCUT2D eigenvalue weighted by molar-refractivity contribution is -0.0686. The highest BCUT2D eigenvalue weighted by molar-refractivity contribution is 8.00. The quantitative estimate of drug-likeness (QED) is 0.891. The minimum absolute atomic E-state index is 0.0398. The summed E-state index contributed by atoms with van der Waals surface area (Å²) in [6.45, 7) is 11.9. The molecular formula is C16H26FN3O3S. The van der Waals surface area contributed by atoms with Crippen LogP contribution in [0.4, 0.5) is 10.2 Å². The van der Waals surface area contributed by atoms with Gasteiger partial charge in [-0.05, 0) is 41.5 Å². The SMILES string of the molecule is CC(C)(C)Nc1nc(=O)n([C@@H]2CS[C@H](COC(C)(C)C)O2)cc1F. The van der Waals surface area contributed by atoms with Crippen LogP contribution in [0.5, 0.6) is 0 Å². The van der Waals surface area contributed by atoms with E-state index in [1.54, 1.807) is 11.8 Å². The highest BCUT2D eigenvalue weighted by Crippen LogP contribution is 2.32. The predicted octanol–water partition coefficient (Wildman–Crippen LogP) is 3.00. The summed E-state index contributed by atoms with van der Waals surface area (Å²) in [5, 5.41) is 2.89. The maximum absolute atomic E-state index is 14.2. The first-order valence-electron chi connectivity index (χ1n) is 7.92. The van der Waals surface area contributed by atoms with Gasteiger partial charge in [-0.2, -0.15) is 4.98 Å². The van der Waals surface area contributed by atoms with Crippen molar-refractivity contribution in [3.05, 3.63) is 22.5 Å². The average Bonchev–Trinajstić information content (AvgIpc) is 2.86. The van der Waals surface area contributed by atoms with Crippen LogP contribution in [0.2, 0.25) is 0 Å². The van der Waals surface area contributed by atoms with Crippen LogP contribution in [-0.4, -0.2) is 38.5 Å². The third kappa shape index (κ3) is 5.46. The molecule has 0 radical (unpaired) electrons. The van der Waals surface area contributed by atoms with Crippen LogP contribution in [-0.2, 0) is 9.47 Å². The number of aromatic nitrogens is 2. The topological polar surface area (TPSA) is 65.4 Å². The fourth-order valence-corrected chi connectivity index (χ4v) is 3.08. The monoisotopic (exact) mass is 359 g/mol. The van der Waals surface area contributed by atoms with Gasteiger partial charge < -0.3 is 14.8 Å². The Kier molecular flexibility index (Phi) is 5.61. The number of hydrogen-bond acceptors (Lipinski definition) is 6. The second-order valence-corrected chi connectivity index (χ2v) is 8.97. The molecule has 2 heterocycles. The highest BCUT2D eigenvalue weighted by atomic mass is 32.2. The van der Waals surface area contributed by atoms with Crippen LogP contribution in [0.15, 0.2) is 11.0 Å². The lowest BCUT2D eigenvalue weighted by atomic mass is 10.1. The van der Waals surface area contributed by atoms with Gasteiger partial charge in [-0.25, -0.2) is 9.18 Å². The summed E-state index contributed by atoms with van der Waals surface area (Å²) in [6, 6.07) is 0. The second-order valence-electron chi connectivity index (χ2n) is 7.78. The molecule has 1 aliphatic rings. The molecule has 1 aliphatic heterocycles. The molecule has 0 unspecified atom stereocenters. The fraction of sp³-hybridized carbons (Fsp3) is 0.750. The molecule has 136 valence electrons. The number of nitrogens with one attached hydrogen (secondary N) is 1. The Morgan fingerprint density at radius 3 is 2.67 bits per heavy atom. The van der Waals surface area contributed by atoms with Gasteiger partial charge in [0, 0.05) is 11.3 Å². The summed E-state index contributed by atoms with van der Waals surface area (Å²) >= 11 is 1.54. The van der Waals surface area contributed by atoms with Crippen molar-refractivity contribution in [2.75, 3.05) is 17.7 Å². The first-order valence-corrected chi connectivity index (χ1v) is 8.97. The molecule has 24 heavy (non-hydrogen) atoms. The molecule has 0 bridgehead atoms. The van der Waals surface area contributed by atoms with Gasteiger partial charge in [0.1, 0.15) is 11.7 Å². The summed E-state index contributed by atoms with van der Waals surface area (Å²) < 4.78 is 26.9. The Hall–Kier alpha value is -1.12. The Balaban J connectivity index is 2.08. The summed E-state index contributed by atoms with van der Waals surface area (Å²) in [6.07, 6.45) is 0.614.